The Morgan fingerprint density at radius 1 is 1.36 bits per heavy atom. The highest BCUT2D eigenvalue weighted by molar-refractivity contribution is 5.68. The molecule has 118 valence electrons. The number of hydrogen-bond donors (Lipinski definition) is 2. The van der Waals surface area contributed by atoms with Gasteiger partial charge in [0.2, 0.25) is 0 Å². The van der Waals surface area contributed by atoms with E-state index < -0.39 is 24.2 Å². The molecule has 2 aromatic heterocycles. The quantitative estimate of drug-likeness (QED) is 0.771. The van der Waals surface area contributed by atoms with Gasteiger partial charge in [0.15, 0.2) is 23.2 Å². The number of aromatic nitrogens is 4. The molecule has 22 heavy (non-hydrogen) atoms. The van der Waals surface area contributed by atoms with E-state index in [1.165, 1.54) is 12.7 Å². The highest BCUT2D eigenvalue weighted by Crippen LogP contribution is 2.43. The monoisotopic (exact) mass is 308 g/mol. The fourth-order valence-corrected chi connectivity index (χ4v) is 3.08. The van der Waals surface area contributed by atoms with Crippen molar-refractivity contribution in [1.82, 2.24) is 19.5 Å². The second kappa shape index (κ2) is 4.59. The van der Waals surface area contributed by atoms with Gasteiger partial charge in [-0.2, -0.15) is 0 Å². The van der Waals surface area contributed by atoms with E-state index in [4.69, 9.17) is 14.2 Å². The average molecular weight is 308 g/mol. The number of aromatic amines is 1. The lowest BCUT2D eigenvalue weighted by molar-refractivity contribution is -0.199. The summed E-state index contributed by atoms with van der Waals surface area (Å²) in [5, 5.41) is 9.50. The van der Waals surface area contributed by atoms with Crippen LogP contribution in [0.1, 0.15) is 20.1 Å². The summed E-state index contributed by atoms with van der Waals surface area (Å²) in [5.74, 6) is -0.758. The van der Waals surface area contributed by atoms with Gasteiger partial charge in [0.05, 0.1) is 19.3 Å². The third-order valence-electron chi connectivity index (χ3n) is 3.94. The summed E-state index contributed by atoms with van der Waals surface area (Å²) in [5.41, 5.74) is 0.314. The number of rotatable bonds is 2. The largest absolute Gasteiger partial charge is 0.394 e. The molecule has 0 aromatic carbocycles. The number of fused-ring (bicyclic) bond motifs is 2. The lowest BCUT2D eigenvalue weighted by Gasteiger charge is -2.24. The molecule has 0 saturated carbocycles. The van der Waals surface area contributed by atoms with Crippen LogP contribution in [-0.2, 0) is 14.2 Å². The molecule has 2 fully saturated rings. The van der Waals surface area contributed by atoms with Crippen LogP contribution in [0.2, 0.25) is 0 Å². The lowest BCUT2D eigenvalue weighted by atomic mass is 10.1. The molecule has 2 aliphatic rings. The van der Waals surface area contributed by atoms with Crippen LogP contribution >= 0.6 is 0 Å². The number of H-pyrrole nitrogens is 1. The van der Waals surface area contributed by atoms with Crippen molar-refractivity contribution in [1.29, 1.82) is 0 Å². The molecule has 0 spiro atoms. The summed E-state index contributed by atoms with van der Waals surface area (Å²) in [6.07, 6.45) is 0.937. The summed E-state index contributed by atoms with van der Waals surface area (Å²) in [6, 6.07) is 0. The highest BCUT2D eigenvalue weighted by atomic mass is 16.8. The first-order valence-electron chi connectivity index (χ1n) is 7.02. The number of aliphatic hydroxyl groups excluding tert-OH is 1. The zero-order valence-corrected chi connectivity index (χ0v) is 12.1. The first-order chi connectivity index (χ1) is 10.5. The maximum absolute atomic E-state index is 11.8. The minimum absolute atomic E-state index is 0.183. The Morgan fingerprint density at radius 3 is 2.91 bits per heavy atom. The summed E-state index contributed by atoms with van der Waals surface area (Å²) in [7, 11) is 0. The molecule has 4 heterocycles. The van der Waals surface area contributed by atoms with Gasteiger partial charge in [-0.15, -0.1) is 0 Å². The molecule has 2 saturated heterocycles. The molecule has 2 aromatic rings. The molecule has 2 aliphatic heterocycles. The van der Waals surface area contributed by atoms with Crippen molar-refractivity contribution in [2.75, 3.05) is 6.61 Å². The van der Waals surface area contributed by atoms with Crippen LogP contribution < -0.4 is 5.56 Å². The molecule has 0 aliphatic carbocycles. The number of nitrogens with zero attached hydrogens (tertiary/aromatic N) is 3. The topological polar surface area (TPSA) is 111 Å². The van der Waals surface area contributed by atoms with E-state index in [2.05, 4.69) is 15.0 Å². The number of ether oxygens (including phenoxy) is 3. The Morgan fingerprint density at radius 2 is 2.14 bits per heavy atom. The van der Waals surface area contributed by atoms with E-state index >= 15 is 0 Å². The molecular weight excluding hydrogens is 292 g/mol. The first kappa shape index (κ1) is 13.8. The molecule has 0 amide bonds. The maximum Gasteiger partial charge on any atom is 0.278 e. The number of hydrogen-bond acceptors (Lipinski definition) is 7. The molecule has 2 N–H and O–H groups in total. The van der Waals surface area contributed by atoms with Crippen LogP contribution in [0.3, 0.4) is 0 Å². The molecule has 9 heteroatoms. The van der Waals surface area contributed by atoms with Crippen LogP contribution in [-0.4, -0.2) is 55.3 Å². The van der Waals surface area contributed by atoms with Gasteiger partial charge < -0.3 is 24.3 Å². The predicted octanol–water partition coefficient (Wildman–Crippen LogP) is -0.471. The summed E-state index contributed by atoms with van der Waals surface area (Å²) in [4.78, 5) is 22.5. The Hall–Kier alpha value is -1.81. The van der Waals surface area contributed by atoms with Crippen LogP contribution in [0.25, 0.3) is 11.2 Å². The number of aliphatic hydroxyl groups is 1. The van der Waals surface area contributed by atoms with Gasteiger partial charge in [-0.1, -0.05) is 0 Å². The summed E-state index contributed by atoms with van der Waals surface area (Å²) >= 11 is 0. The average Bonchev–Trinajstić information content (AvgIpc) is 3.10. The third-order valence-corrected chi connectivity index (χ3v) is 3.94. The van der Waals surface area contributed by atoms with Crippen molar-refractivity contribution in [3.63, 3.8) is 0 Å². The Labute approximate surface area is 124 Å². The van der Waals surface area contributed by atoms with Crippen LogP contribution in [0.5, 0.6) is 0 Å². The lowest BCUT2D eigenvalue weighted by Crippen LogP contribution is -2.31. The van der Waals surface area contributed by atoms with Crippen molar-refractivity contribution in [3.8, 4) is 0 Å². The highest BCUT2D eigenvalue weighted by Gasteiger charge is 2.55. The Kier molecular flexibility index (Phi) is 2.89. The Bertz CT molecular complexity index is 769. The van der Waals surface area contributed by atoms with Crippen molar-refractivity contribution >= 4 is 11.2 Å². The Balaban J connectivity index is 1.78. The molecule has 4 atom stereocenters. The van der Waals surface area contributed by atoms with Gasteiger partial charge in [-0.25, -0.2) is 9.97 Å². The standard InChI is InChI=1S/C13H16N4O5/c1-13(2)21-8-6(3-18)20-12(9(8)22-13)17-5-16-7-10(17)14-4-15-11(7)19/h4-6,8-9,12,18H,3H2,1-2H3,(H,14,15,19)/t6-,8+,9-,12+/m0/s1. The van der Waals surface area contributed by atoms with Crippen molar-refractivity contribution in [2.45, 2.75) is 44.2 Å². The van der Waals surface area contributed by atoms with Gasteiger partial charge in [0.25, 0.3) is 5.56 Å². The minimum Gasteiger partial charge on any atom is -0.394 e. The summed E-state index contributed by atoms with van der Waals surface area (Å²) in [6.45, 7) is 3.44. The molecular formula is C13H16N4O5. The van der Waals surface area contributed by atoms with Gasteiger partial charge in [-0.3, -0.25) is 9.36 Å². The smallest absolute Gasteiger partial charge is 0.278 e. The normalized spacial score (nSPS) is 33.4. The summed E-state index contributed by atoms with van der Waals surface area (Å²) < 4.78 is 19.2. The second-order valence-corrected chi connectivity index (χ2v) is 5.87. The zero-order chi connectivity index (χ0) is 15.5. The van der Waals surface area contributed by atoms with E-state index in [0.717, 1.165) is 0 Å². The van der Waals surface area contributed by atoms with Crippen molar-refractivity contribution in [2.24, 2.45) is 0 Å². The van der Waals surface area contributed by atoms with Gasteiger partial charge in [-0.05, 0) is 13.8 Å². The van der Waals surface area contributed by atoms with E-state index in [9.17, 15) is 9.90 Å². The minimum atomic E-state index is -0.758. The second-order valence-electron chi connectivity index (χ2n) is 5.87. The van der Waals surface area contributed by atoms with E-state index in [0.29, 0.717) is 5.65 Å². The molecule has 0 unspecified atom stereocenters. The fraction of sp³-hybridized carbons (Fsp3) is 0.615. The van der Waals surface area contributed by atoms with Crippen molar-refractivity contribution in [3.05, 3.63) is 23.0 Å². The van der Waals surface area contributed by atoms with E-state index in [-0.39, 0.29) is 23.8 Å². The fourth-order valence-electron chi connectivity index (χ4n) is 3.08. The maximum atomic E-state index is 11.8. The van der Waals surface area contributed by atoms with Crippen molar-refractivity contribution < 1.29 is 19.3 Å². The molecule has 0 radical (unpaired) electrons. The van der Waals surface area contributed by atoms with Gasteiger partial charge >= 0.3 is 0 Å². The van der Waals surface area contributed by atoms with Crippen LogP contribution in [0.4, 0.5) is 0 Å². The molecule has 4 rings (SSSR count). The van der Waals surface area contributed by atoms with E-state index in [1.54, 1.807) is 4.57 Å². The molecule has 9 nitrogen and oxygen atoms in total. The number of imidazole rings is 1. The van der Waals surface area contributed by atoms with Gasteiger partial charge in [0.1, 0.15) is 18.3 Å². The zero-order valence-electron chi connectivity index (χ0n) is 12.1. The van der Waals surface area contributed by atoms with Crippen LogP contribution in [0, 0.1) is 0 Å². The van der Waals surface area contributed by atoms with Crippen LogP contribution in [0.15, 0.2) is 17.4 Å². The SMILES string of the molecule is CC1(C)O[C@H]2[C@H](O1)[C@H](n1cnc3c(=O)[nH]cnc31)O[C@H]2CO. The van der Waals surface area contributed by atoms with Gasteiger partial charge in [0, 0.05) is 0 Å². The number of nitrogens with one attached hydrogen (secondary N) is 1. The third kappa shape index (κ3) is 1.90. The molecule has 0 bridgehead atoms. The van der Waals surface area contributed by atoms with E-state index in [1.807, 2.05) is 13.8 Å². The first-order valence-corrected chi connectivity index (χ1v) is 7.02. The predicted molar refractivity (Wildman–Crippen MR) is 73.0 cm³/mol.